The minimum Gasteiger partial charge on any atom is -0.383 e. The first-order valence-corrected chi connectivity index (χ1v) is 10.6. The molecule has 0 unspecified atom stereocenters. The van der Waals surface area contributed by atoms with E-state index in [4.69, 9.17) is 0 Å². The first kappa shape index (κ1) is 23.0. The maximum atomic E-state index is 14.4. The highest BCUT2D eigenvalue weighted by Gasteiger charge is 2.78. The summed E-state index contributed by atoms with van der Waals surface area (Å²) in [6.45, 7) is 1.28. The number of ketones is 1. The summed E-state index contributed by atoms with van der Waals surface area (Å²) < 4.78 is 109. The molecule has 0 saturated heterocycles. The molecular weight excluding hydrogens is 436 g/mol. The molecular formula is C21H24F8O2. The van der Waals surface area contributed by atoms with Gasteiger partial charge in [0.2, 0.25) is 0 Å². The molecule has 4 aliphatic rings. The predicted octanol–water partition coefficient (Wildman–Crippen LogP) is 5.99. The van der Waals surface area contributed by atoms with Crippen molar-refractivity contribution in [2.24, 2.45) is 29.1 Å². The Kier molecular flexibility index (Phi) is 4.94. The fraction of sp³-hybridized carbons (Fsp3) is 0.857. The summed E-state index contributed by atoms with van der Waals surface area (Å²) in [5, 5.41) is 10.7. The Morgan fingerprint density at radius 3 is 2.10 bits per heavy atom. The molecule has 176 valence electrons. The molecule has 6 atom stereocenters. The van der Waals surface area contributed by atoms with Crippen molar-refractivity contribution < 1.29 is 45.0 Å². The molecule has 0 aromatic heterocycles. The van der Waals surface area contributed by atoms with Gasteiger partial charge in [-0.25, -0.2) is 0 Å². The smallest absolute Gasteiger partial charge is 0.383 e. The number of hydrogen-bond acceptors (Lipinski definition) is 2. The van der Waals surface area contributed by atoms with Crippen LogP contribution in [0.5, 0.6) is 0 Å². The van der Waals surface area contributed by atoms with Crippen molar-refractivity contribution in [3.05, 3.63) is 11.1 Å². The van der Waals surface area contributed by atoms with Gasteiger partial charge in [0, 0.05) is 11.8 Å². The van der Waals surface area contributed by atoms with Crippen LogP contribution >= 0.6 is 0 Å². The highest BCUT2D eigenvalue weighted by Crippen LogP contribution is 2.69. The van der Waals surface area contributed by atoms with E-state index in [1.54, 1.807) is 0 Å². The second-order valence-electron chi connectivity index (χ2n) is 9.87. The standard InChI is InChI=1S/C21H24F8O2/c1-17-8-6-11-10-4-5-15(30)16(19(22,23)24)13(10)3-2-12(11)14(17)7-9-18(17,31)20(25,26)21(27,28)29/h10-12,14,31H,2-9H2,1H3/t10-,11-,12-,14+,17+,18+/m1/s1. The second kappa shape index (κ2) is 6.67. The molecule has 4 rings (SSSR count). The van der Waals surface area contributed by atoms with Gasteiger partial charge in [-0.15, -0.1) is 0 Å². The number of halogens is 8. The van der Waals surface area contributed by atoms with E-state index in [0.717, 1.165) is 0 Å². The van der Waals surface area contributed by atoms with Crippen molar-refractivity contribution in [2.75, 3.05) is 0 Å². The van der Waals surface area contributed by atoms with Crippen molar-refractivity contribution >= 4 is 5.78 Å². The number of alkyl halides is 8. The molecule has 3 fully saturated rings. The van der Waals surface area contributed by atoms with E-state index in [2.05, 4.69) is 0 Å². The van der Waals surface area contributed by atoms with Crippen LogP contribution in [0.1, 0.15) is 58.3 Å². The van der Waals surface area contributed by atoms with Crippen LogP contribution in [-0.4, -0.2) is 34.8 Å². The van der Waals surface area contributed by atoms with Gasteiger partial charge in [0.15, 0.2) is 5.78 Å². The zero-order valence-electron chi connectivity index (χ0n) is 16.8. The SMILES string of the molecule is C[C@]12CC[C@H]3[C@@H](CCC4=C(C(F)(F)F)C(=O)CC[C@@H]43)[C@@H]1CC[C@@]2(O)C(F)(F)C(F)(F)F. The van der Waals surface area contributed by atoms with E-state index in [0.29, 0.717) is 0 Å². The molecule has 0 radical (unpaired) electrons. The van der Waals surface area contributed by atoms with Crippen LogP contribution in [0.25, 0.3) is 0 Å². The Morgan fingerprint density at radius 2 is 1.52 bits per heavy atom. The van der Waals surface area contributed by atoms with Gasteiger partial charge < -0.3 is 5.11 Å². The summed E-state index contributed by atoms with van der Waals surface area (Å²) in [5.74, 6) is -8.04. The number of fused-ring (bicyclic) bond motifs is 5. The van der Waals surface area contributed by atoms with Crippen LogP contribution in [0, 0.1) is 29.1 Å². The van der Waals surface area contributed by atoms with Crippen molar-refractivity contribution in [3.63, 3.8) is 0 Å². The van der Waals surface area contributed by atoms with Gasteiger partial charge in [-0.1, -0.05) is 12.5 Å². The van der Waals surface area contributed by atoms with Crippen molar-refractivity contribution in [1.29, 1.82) is 0 Å². The quantitative estimate of drug-likeness (QED) is 0.488. The van der Waals surface area contributed by atoms with Crippen molar-refractivity contribution in [2.45, 2.75) is 82.2 Å². The fourth-order valence-electron chi connectivity index (χ4n) is 7.39. The third-order valence-corrected chi connectivity index (χ3v) is 8.80. The van der Waals surface area contributed by atoms with Crippen LogP contribution in [0.4, 0.5) is 35.1 Å². The van der Waals surface area contributed by atoms with Crippen molar-refractivity contribution in [1.82, 2.24) is 0 Å². The molecule has 10 heteroatoms. The normalized spacial score (nSPS) is 41.7. The first-order chi connectivity index (χ1) is 14.1. The topological polar surface area (TPSA) is 37.3 Å². The molecule has 0 aromatic carbocycles. The van der Waals surface area contributed by atoms with Gasteiger partial charge in [-0.05, 0) is 68.6 Å². The second-order valence-corrected chi connectivity index (χ2v) is 9.87. The monoisotopic (exact) mass is 460 g/mol. The average Bonchev–Trinajstić information content (AvgIpc) is 2.92. The fourth-order valence-corrected chi connectivity index (χ4v) is 7.39. The highest BCUT2D eigenvalue weighted by molar-refractivity contribution is 5.98. The molecule has 2 nitrogen and oxygen atoms in total. The molecule has 1 N–H and O–H groups in total. The third-order valence-electron chi connectivity index (χ3n) is 8.80. The Labute approximate surface area is 174 Å². The van der Waals surface area contributed by atoms with Crippen molar-refractivity contribution in [3.8, 4) is 0 Å². The van der Waals surface area contributed by atoms with Crippen LogP contribution in [0.3, 0.4) is 0 Å². The maximum Gasteiger partial charge on any atom is 0.456 e. The summed E-state index contributed by atoms with van der Waals surface area (Å²) in [5.41, 5.74) is -5.96. The van der Waals surface area contributed by atoms with E-state index in [9.17, 15) is 45.0 Å². The third kappa shape index (κ3) is 2.95. The van der Waals surface area contributed by atoms with E-state index in [1.807, 2.05) is 0 Å². The van der Waals surface area contributed by atoms with E-state index in [1.165, 1.54) is 6.92 Å². The van der Waals surface area contributed by atoms with Gasteiger partial charge >= 0.3 is 18.3 Å². The van der Waals surface area contributed by atoms with Crippen LogP contribution in [0.2, 0.25) is 0 Å². The number of rotatable bonds is 1. The summed E-state index contributed by atoms with van der Waals surface area (Å²) in [7, 11) is 0. The lowest BCUT2D eigenvalue weighted by Crippen LogP contribution is -2.65. The number of aliphatic hydroxyl groups is 1. The van der Waals surface area contributed by atoms with Gasteiger partial charge in [0.1, 0.15) is 5.60 Å². The molecule has 0 bridgehead atoms. The van der Waals surface area contributed by atoms with E-state index in [-0.39, 0.29) is 62.4 Å². The molecule has 4 aliphatic carbocycles. The summed E-state index contributed by atoms with van der Waals surface area (Å²) in [6, 6.07) is 0. The number of carbonyl (C=O) groups excluding carboxylic acids is 1. The van der Waals surface area contributed by atoms with Crippen LogP contribution in [0.15, 0.2) is 11.1 Å². The lowest BCUT2D eigenvalue weighted by molar-refractivity contribution is -0.363. The van der Waals surface area contributed by atoms with Gasteiger partial charge in [0.25, 0.3) is 0 Å². The minimum absolute atomic E-state index is 0.0207. The van der Waals surface area contributed by atoms with Crippen LogP contribution in [-0.2, 0) is 4.79 Å². The van der Waals surface area contributed by atoms with Gasteiger partial charge in [-0.2, -0.15) is 35.1 Å². The molecule has 0 heterocycles. The number of allylic oxidation sites excluding steroid dienone is 1. The predicted molar refractivity (Wildman–Crippen MR) is 93.0 cm³/mol. The number of hydrogen-bond donors (Lipinski definition) is 1. The average molecular weight is 460 g/mol. The zero-order chi connectivity index (χ0) is 23.2. The summed E-state index contributed by atoms with van der Waals surface area (Å²) in [6.07, 6.45) is -11.2. The lowest BCUT2D eigenvalue weighted by Gasteiger charge is -2.56. The Morgan fingerprint density at radius 1 is 0.871 bits per heavy atom. The molecule has 0 spiro atoms. The number of carbonyl (C=O) groups is 1. The molecule has 31 heavy (non-hydrogen) atoms. The Hall–Kier alpha value is -1.19. The molecule has 0 aromatic rings. The van der Waals surface area contributed by atoms with Crippen LogP contribution < -0.4 is 0 Å². The summed E-state index contributed by atoms with van der Waals surface area (Å²) >= 11 is 0. The van der Waals surface area contributed by atoms with Gasteiger partial charge in [-0.3, -0.25) is 4.79 Å². The van der Waals surface area contributed by atoms with Gasteiger partial charge in [0.05, 0.1) is 5.57 Å². The van der Waals surface area contributed by atoms with E-state index >= 15 is 0 Å². The lowest BCUT2D eigenvalue weighted by atomic mass is 9.49. The first-order valence-electron chi connectivity index (χ1n) is 10.6. The Balaban J connectivity index is 1.69. The largest absolute Gasteiger partial charge is 0.456 e. The molecule has 0 amide bonds. The molecule has 0 aliphatic heterocycles. The summed E-state index contributed by atoms with van der Waals surface area (Å²) in [4.78, 5) is 12.0. The maximum absolute atomic E-state index is 14.4. The molecule has 3 saturated carbocycles. The highest BCUT2D eigenvalue weighted by atomic mass is 19.4. The minimum atomic E-state index is -5.90. The number of Topliss-reactive ketones (excluding diaryl/α,β-unsaturated/α-hetero) is 1. The zero-order valence-corrected chi connectivity index (χ0v) is 16.8. The van der Waals surface area contributed by atoms with E-state index < -0.39 is 58.9 Å². The Bertz CT molecular complexity index is 813.